The molecule has 1 atom stereocenters. The Hall–Kier alpha value is -1.80. The first-order valence-electron chi connectivity index (χ1n) is 6.13. The van der Waals surface area contributed by atoms with Gasteiger partial charge in [-0.2, -0.15) is 0 Å². The van der Waals surface area contributed by atoms with Crippen molar-refractivity contribution in [2.24, 2.45) is 0 Å². The van der Waals surface area contributed by atoms with Crippen LogP contribution in [0.15, 0.2) is 60.7 Å². The molecular weight excluding hydrogens is 238 g/mol. The standard InChI is InChI=1S/C16H15NS/c1-12(17-14-8-3-2-4-9-14)16-11-13-7-5-6-10-15(13)18-16/h2-12,17H,1H3. The summed E-state index contributed by atoms with van der Waals surface area (Å²) >= 11 is 1.86. The molecule has 0 amide bonds. The summed E-state index contributed by atoms with van der Waals surface area (Å²) in [6, 6.07) is 21.5. The molecule has 1 unspecified atom stereocenters. The van der Waals surface area contributed by atoms with E-state index in [9.17, 15) is 0 Å². The lowest BCUT2D eigenvalue weighted by Crippen LogP contribution is -2.04. The summed E-state index contributed by atoms with van der Waals surface area (Å²) in [7, 11) is 0. The van der Waals surface area contributed by atoms with Crippen molar-refractivity contribution in [3.63, 3.8) is 0 Å². The predicted molar refractivity (Wildman–Crippen MR) is 80.3 cm³/mol. The second-order valence-corrected chi connectivity index (χ2v) is 5.53. The molecule has 0 saturated carbocycles. The van der Waals surface area contributed by atoms with Crippen molar-refractivity contribution >= 4 is 27.1 Å². The number of fused-ring (bicyclic) bond motifs is 1. The first-order chi connectivity index (χ1) is 8.83. The summed E-state index contributed by atoms with van der Waals surface area (Å²) in [5, 5.41) is 4.86. The van der Waals surface area contributed by atoms with Crippen LogP contribution in [0.2, 0.25) is 0 Å². The molecule has 18 heavy (non-hydrogen) atoms. The third-order valence-corrected chi connectivity index (χ3v) is 4.33. The fourth-order valence-corrected chi connectivity index (χ4v) is 3.14. The van der Waals surface area contributed by atoms with E-state index in [2.05, 4.69) is 66.8 Å². The van der Waals surface area contributed by atoms with Gasteiger partial charge in [-0.15, -0.1) is 11.3 Å². The molecule has 2 heteroatoms. The molecule has 0 saturated heterocycles. The molecule has 0 bridgehead atoms. The molecule has 0 spiro atoms. The molecule has 1 heterocycles. The van der Waals surface area contributed by atoms with Crippen molar-refractivity contribution < 1.29 is 0 Å². The maximum Gasteiger partial charge on any atom is 0.0578 e. The van der Waals surface area contributed by atoms with Crippen molar-refractivity contribution in [3.8, 4) is 0 Å². The number of nitrogens with one attached hydrogen (secondary N) is 1. The van der Waals surface area contributed by atoms with Crippen molar-refractivity contribution in [1.82, 2.24) is 0 Å². The Morgan fingerprint density at radius 3 is 2.44 bits per heavy atom. The van der Waals surface area contributed by atoms with E-state index < -0.39 is 0 Å². The van der Waals surface area contributed by atoms with E-state index in [-0.39, 0.29) is 0 Å². The molecule has 0 aliphatic carbocycles. The minimum Gasteiger partial charge on any atom is -0.378 e. The molecule has 3 aromatic rings. The van der Waals surface area contributed by atoms with E-state index in [4.69, 9.17) is 0 Å². The lowest BCUT2D eigenvalue weighted by molar-refractivity contribution is 0.909. The molecule has 3 rings (SSSR count). The summed E-state index contributed by atoms with van der Waals surface area (Å²) < 4.78 is 1.36. The van der Waals surface area contributed by atoms with Crippen LogP contribution in [0.3, 0.4) is 0 Å². The molecule has 1 N–H and O–H groups in total. The molecule has 0 fully saturated rings. The number of rotatable bonds is 3. The summed E-state index contributed by atoms with van der Waals surface area (Å²) in [6.45, 7) is 2.21. The highest BCUT2D eigenvalue weighted by molar-refractivity contribution is 7.19. The van der Waals surface area contributed by atoms with Crippen molar-refractivity contribution in [2.75, 3.05) is 5.32 Å². The molecule has 2 aromatic carbocycles. The van der Waals surface area contributed by atoms with E-state index in [0.717, 1.165) is 0 Å². The SMILES string of the molecule is CC(Nc1ccccc1)c1cc2ccccc2s1. The first-order valence-corrected chi connectivity index (χ1v) is 6.94. The largest absolute Gasteiger partial charge is 0.378 e. The summed E-state index contributed by atoms with van der Waals surface area (Å²) in [5.41, 5.74) is 1.17. The van der Waals surface area contributed by atoms with Gasteiger partial charge in [-0.25, -0.2) is 0 Å². The third kappa shape index (κ3) is 2.24. The van der Waals surface area contributed by atoms with Gasteiger partial charge in [0, 0.05) is 15.3 Å². The number of thiophene rings is 1. The Bertz CT molecular complexity index is 609. The van der Waals surface area contributed by atoms with Crippen LogP contribution in [-0.2, 0) is 0 Å². The number of benzene rings is 2. The smallest absolute Gasteiger partial charge is 0.0578 e. The van der Waals surface area contributed by atoms with Crippen molar-refractivity contribution in [1.29, 1.82) is 0 Å². The second-order valence-electron chi connectivity index (χ2n) is 4.42. The van der Waals surface area contributed by atoms with Gasteiger partial charge >= 0.3 is 0 Å². The average molecular weight is 253 g/mol. The predicted octanol–water partition coefficient (Wildman–Crippen LogP) is 5.07. The van der Waals surface area contributed by atoms with E-state index in [1.807, 2.05) is 17.4 Å². The number of hydrogen-bond donors (Lipinski definition) is 1. The zero-order valence-corrected chi connectivity index (χ0v) is 11.1. The van der Waals surface area contributed by atoms with Gasteiger partial charge in [0.25, 0.3) is 0 Å². The van der Waals surface area contributed by atoms with Crippen LogP contribution in [0.4, 0.5) is 5.69 Å². The van der Waals surface area contributed by atoms with E-state index in [1.165, 1.54) is 20.7 Å². The normalized spacial score (nSPS) is 12.5. The van der Waals surface area contributed by atoms with Gasteiger partial charge < -0.3 is 5.32 Å². The number of anilines is 1. The second kappa shape index (κ2) is 4.83. The molecule has 1 aromatic heterocycles. The van der Waals surface area contributed by atoms with Crippen molar-refractivity contribution in [3.05, 3.63) is 65.5 Å². The first kappa shape index (κ1) is 11.3. The minimum atomic E-state index is 0.338. The summed E-state index contributed by atoms with van der Waals surface area (Å²) in [6.07, 6.45) is 0. The minimum absolute atomic E-state index is 0.338. The van der Waals surface area contributed by atoms with Crippen LogP contribution in [0.1, 0.15) is 17.8 Å². The van der Waals surface area contributed by atoms with Gasteiger partial charge in [0.05, 0.1) is 6.04 Å². The Kier molecular flexibility index (Phi) is 3.03. The number of hydrogen-bond acceptors (Lipinski definition) is 2. The third-order valence-electron chi connectivity index (χ3n) is 3.03. The van der Waals surface area contributed by atoms with E-state index in [1.54, 1.807) is 0 Å². The van der Waals surface area contributed by atoms with E-state index in [0.29, 0.717) is 6.04 Å². The highest BCUT2D eigenvalue weighted by Gasteiger charge is 2.08. The van der Waals surface area contributed by atoms with Gasteiger partial charge in [0.1, 0.15) is 0 Å². The molecule has 0 aliphatic heterocycles. The zero-order valence-electron chi connectivity index (χ0n) is 10.3. The molecule has 0 aliphatic rings. The topological polar surface area (TPSA) is 12.0 Å². The van der Waals surface area contributed by atoms with E-state index >= 15 is 0 Å². The maximum atomic E-state index is 3.53. The quantitative estimate of drug-likeness (QED) is 0.686. The number of para-hydroxylation sites is 1. The highest BCUT2D eigenvalue weighted by Crippen LogP contribution is 2.31. The van der Waals surface area contributed by atoms with Crippen LogP contribution in [0.25, 0.3) is 10.1 Å². The molecule has 0 radical (unpaired) electrons. The Balaban J connectivity index is 1.86. The lowest BCUT2D eigenvalue weighted by atomic mass is 10.2. The Labute approximate surface area is 111 Å². The average Bonchev–Trinajstić information content (AvgIpc) is 2.84. The van der Waals surface area contributed by atoms with Gasteiger partial charge in [-0.1, -0.05) is 36.4 Å². The van der Waals surface area contributed by atoms with Crippen LogP contribution in [0, 0.1) is 0 Å². The van der Waals surface area contributed by atoms with Gasteiger partial charge in [0.15, 0.2) is 0 Å². The Morgan fingerprint density at radius 1 is 0.944 bits per heavy atom. The van der Waals surface area contributed by atoms with Crippen molar-refractivity contribution in [2.45, 2.75) is 13.0 Å². The monoisotopic (exact) mass is 253 g/mol. The zero-order chi connectivity index (χ0) is 12.4. The maximum absolute atomic E-state index is 3.53. The van der Waals surface area contributed by atoms with Crippen LogP contribution < -0.4 is 5.32 Å². The van der Waals surface area contributed by atoms with Gasteiger partial charge in [-0.05, 0) is 36.6 Å². The fraction of sp³-hybridized carbons (Fsp3) is 0.125. The summed E-state index contributed by atoms with van der Waals surface area (Å²) in [5.74, 6) is 0. The fourth-order valence-electron chi connectivity index (χ4n) is 2.07. The van der Waals surface area contributed by atoms with Crippen LogP contribution >= 0.6 is 11.3 Å². The molecular formula is C16H15NS. The molecule has 90 valence electrons. The van der Waals surface area contributed by atoms with Gasteiger partial charge in [0.2, 0.25) is 0 Å². The Morgan fingerprint density at radius 2 is 1.67 bits per heavy atom. The van der Waals surface area contributed by atoms with Gasteiger partial charge in [-0.3, -0.25) is 0 Å². The van der Waals surface area contributed by atoms with Crippen LogP contribution in [-0.4, -0.2) is 0 Å². The highest BCUT2D eigenvalue weighted by atomic mass is 32.1. The summed E-state index contributed by atoms with van der Waals surface area (Å²) in [4.78, 5) is 1.38. The lowest BCUT2D eigenvalue weighted by Gasteiger charge is -2.13. The molecule has 1 nitrogen and oxygen atoms in total. The van der Waals surface area contributed by atoms with Crippen LogP contribution in [0.5, 0.6) is 0 Å².